The lowest BCUT2D eigenvalue weighted by Crippen LogP contribution is -2.06. The maximum absolute atomic E-state index is 10.6. The molecule has 0 aromatic carbocycles. The Morgan fingerprint density at radius 1 is 1.70 bits per heavy atom. The van der Waals surface area contributed by atoms with Gasteiger partial charge in [-0.15, -0.1) is 0 Å². The van der Waals surface area contributed by atoms with E-state index >= 15 is 0 Å². The van der Waals surface area contributed by atoms with Crippen molar-refractivity contribution in [3.8, 4) is 0 Å². The molecule has 0 rings (SSSR count). The van der Waals surface area contributed by atoms with Gasteiger partial charge in [0.25, 0.3) is 0 Å². The van der Waals surface area contributed by atoms with Gasteiger partial charge in [-0.05, 0) is 13.2 Å². The minimum absolute atomic E-state index is 0.148. The van der Waals surface area contributed by atoms with Crippen LogP contribution in [0, 0.1) is 0 Å². The Bertz CT molecular complexity index is 121. The van der Waals surface area contributed by atoms with Crippen LogP contribution in [0.3, 0.4) is 0 Å². The smallest absolute Gasteiger partial charge is 0.316 e. The second kappa shape index (κ2) is 6.68. The summed E-state index contributed by atoms with van der Waals surface area (Å²) in [5.74, 6) is 0.294. The topological polar surface area (TPSA) is 26.3 Å². The van der Waals surface area contributed by atoms with Crippen molar-refractivity contribution < 1.29 is 9.53 Å². The van der Waals surface area contributed by atoms with Gasteiger partial charge in [-0.2, -0.15) is 11.8 Å². The summed E-state index contributed by atoms with van der Waals surface area (Å²) < 4.78 is 4.78. The van der Waals surface area contributed by atoms with Crippen LogP contribution < -0.4 is 0 Å². The van der Waals surface area contributed by atoms with E-state index in [2.05, 4.69) is 0 Å². The van der Waals surface area contributed by atoms with Crippen LogP contribution in [0.4, 0.5) is 0 Å². The lowest BCUT2D eigenvalue weighted by molar-refractivity contribution is -0.139. The number of carbonyl (C=O) groups excluding carboxylic acids is 1. The molecule has 0 atom stereocenters. The summed E-state index contributed by atoms with van der Waals surface area (Å²) in [6.45, 7) is 2.29. The van der Waals surface area contributed by atoms with E-state index in [9.17, 15) is 4.79 Å². The monoisotopic (exact) mass is 160 g/mol. The van der Waals surface area contributed by atoms with Crippen molar-refractivity contribution in [3.63, 3.8) is 0 Å². The molecule has 58 valence electrons. The summed E-state index contributed by atoms with van der Waals surface area (Å²) in [5.41, 5.74) is 0. The van der Waals surface area contributed by atoms with Crippen molar-refractivity contribution in [3.05, 3.63) is 12.2 Å². The van der Waals surface area contributed by atoms with Gasteiger partial charge in [0.05, 0.1) is 5.75 Å². The summed E-state index contributed by atoms with van der Waals surface area (Å²) in [4.78, 5) is 10.6. The lowest BCUT2D eigenvalue weighted by atomic mass is 10.5. The minimum Gasteiger partial charge on any atom is -0.461 e. The van der Waals surface area contributed by atoms with Crippen molar-refractivity contribution in [2.75, 3.05) is 18.6 Å². The summed E-state index contributed by atoms with van der Waals surface area (Å²) in [6, 6.07) is 0. The molecule has 3 heteroatoms. The number of hydrogen-bond acceptors (Lipinski definition) is 3. The fraction of sp³-hybridized carbons (Fsp3) is 0.571. The predicted molar refractivity (Wildman–Crippen MR) is 44.2 cm³/mol. The number of esters is 1. The molecule has 0 saturated heterocycles. The van der Waals surface area contributed by atoms with Crippen LogP contribution >= 0.6 is 11.8 Å². The Morgan fingerprint density at radius 2 is 2.40 bits per heavy atom. The zero-order valence-corrected chi connectivity index (χ0v) is 7.11. The van der Waals surface area contributed by atoms with Crippen LogP contribution in [0.25, 0.3) is 0 Å². The van der Waals surface area contributed by atoms with Gasteiger partial charge in [-0.25, -0.2) is 0 Å². The molecule has 0 aliphatic rings. The first-order chi connectivity index (χ1) is 4.81. The molecule has 0 aromatic rings. The zero-order valence-electron chi connectivity index (χ0n) is 6.29. The second-order valence-electron chi connectivity index (χ2n) is 1.69. The Balaban J connectivity index is 3.21. The van der Waals surface area contributed by atoms with E-state index in [4.69, 9.17) is 4.74 Å². The molecule has 0 aromatic heterocycles. The molecule has 0 bridgehead atoms. The highest BCUT2D eigenvalue weighted by Gasteiger charge is 1.96. The Kier molecular flexibility index (Phi) is 6.38. The van der Waals surface area contributed by atoms with E-state index in [-0.39, 0.29) is 5.97 Å². The van der Waals surface area contributed by atoms with Crippen LogP contribution in [0.2, 0.25) is 0 Å². The van der Waals surface area contributed by atoms with Crippen molar-refractivity contribution in [1.29, 1.82) is 0 Å². The molecule has 2 nitrogen and oxygen atoms in total. The lowest BCUT2D eigenvalue weighted by Gasteiger charge is -1.97. The van der Waals surface area contributed by atoms with E-state index in [1.54, 1.807) is 6.08 Å². The number of hydrogen-bond donors (Lipinski definition) is 0. The highest BCUT2D eigenvalue weighted by atomic mass is 32.2. The van der Waals surface area contributed by atoms with Crippen molar-refractivity contribution in [2.45, 2.75) is 6.92 Å². The average molecular weight is 160 g/mol. The standard InChI is InChI=1S/C7H12O2S/c1-3-4-5-9-7(8)6-10-2/h3-4H,5-6H2,1-2H3/b4-3+. The van der Waals surface area contributed by atoms with Crippen molar-refractivity contribution in [1.82, 2.24) is 0 Å². The molecular weight excluding hydrogens is 148 g/mol. The molecule has 0 saturated carbocycles. The third-order valence-electron chi connectivity index (χ3n) is 0.838. The first-order valence-electron chi connectivity index (χ1n) is 3.07. The molecular formula is C7H12O2S. The first-order valence-corrected chi connectivity index (χ1v) is 4.46. The molecule has 0 aliphatic heterocycles. The number of thioether (sulfide) groups is 1. The quantitative estimate of drug-likeness (QED) is 0.460. The molecule has 10 heavy (non-hydrogen) atoms. The number of carbonyl (C=O) groups is 1. The van der Waals surface area contributed by atoms with Gasteiger partial charge >= 0.3 is 5.97 Å². The van der Waals surface area contributed by atoms with Gasteiger partial charge in [-0.3, -0.25) is 4.79 Å². The SMILES string of the molecule is C/C=C/COC(=O)CSC. The van der Waals surface area contributed by atoms with E-state index in [1.807, 2.05) is 19.3 Å². The number of ether oxygens (including phenoxy) is 1. The Morgan fingerprint density at radius 3 is 2.90 bits per heavy atom. The van der Waals surface area contributed by atoms with Crippen LogP contribution in [0.5, 0.6) is 0 Å². The van der Waals surface area contributed by atoms with Crippen LogP contribution in [-0.2, 0) is 9.53 Å². The van der Waals surface area contributed by atoms with Crippen LogP contribution in [0.1, 0.15) is 6.92 Å². The molecule has 0 unspecified atom stereocenters. The largest absolute Gasteiger partial charge is 0.461 e. The van der Waals surface area contributed by atoms with Gasteiger partial charge in [0.15, 0.2) is 0 Å². The Hall–Kier alpha value is -0.440. The van der Waals surface area contributed by atoms with E-state index in [1.165, 1.54) is 11.8 Å². The molecule has 0 spiro atoms. The van der Waals surface area contributed by atoms with Crippen LogP contribution in [-0.4, -0.2) is 24.6 Å². The summed E-state index contributed by atoms with van der Waals surface area (Å²) in [5, 5.41) is 0. The van der Waals surface area contributed by atoms with Gasteiger partial charge in [-0.1, -0.05) is 12.2 Å². The average Bonchev–Trinajstić information content (AvgIpc) is 1.89. The van der Waals surface area contributed by atoms with Crippen LogP contribution in [0.15, 0.2) is 12.2 Å². The zero-order chi connectivity index (χ0) is 7.82. The predicted octanol–water partition coefficient (Wildman–Crippen LogP) is 1.47. The van der Waals surface area contributed by atoms with E-state index < -0.39 is 0 Å². The maximum atomic E-state index is 10.6. The molecule has 0 amide bonds. The summed E-state index contributed by atoms with van der Waals surface area (Å²) in [7, 11) is 0. The number of rotatable bonds is 4. The third-order valence-corrected chi connectivity index (χ3v) is 1.36. The summed E-state index contributed by atoms with van der Waals surface area (Å²) in [6.07, 6.45) is 5.53. The van der Waals surface area contributed by atoms with Gasteiger partial charge in [0.2, 0.25) is 0 Å². The minimum atomic E-state index is -0.148. The molecule has 0 radical (unpaired) electrons. The summed E-state index contributed by atoms with van der Waals surface area (Å²) >= 11 is 1.47. The fourth-order valence-corrected chi connectivity index (χ4v) is 0.716. The van der Waals surface area contributed by atoms with E-state index in [0.29, 0.717) is 12.4 Å². The number of allylic oxidation sites excluding steroid dienone is 1. The molecule has 0 fully saturated rings. The first kappa shape index (κ1) is 9.56. The van der Waals surface area contributed by atoms with Crippen molar-refractivity contribution in [2.24, 2.45) is 0 Å². The molecule has 0 N–H and O–H groups in total. The second-order valence-corrected chi connectivity index (χ2v) is 2.55. The molecule has 0 heterocycles. The highest BCUT2D eigenvalue weighted by molar-refractivity contribution is 7.99. The normalized spacial score (nSPS) is 10.2. The van der Waals surface area contributed by atoms with Gasteiger partial charge in [0, 0.05) is 0 Å². The molecule has 0 aliphatic carbocycles. The highest BCUT2D eigenvalue weighted by Crippen LogP contribution is 1.92. The third kappa shape index (κ3) is 5.69. The van der Waals surface area contributed by atoms with Gasteiger partial charge in [0.1, 0.15) is 6.61 Å². The maximum Gasteiger partial charge on any atom is 0.316 e. The fourth-order valence-electron chi connectivity index (χ4n) is 0.397. The van der Waals surface area contributed by atoms with Gasteiger partial charge < -0.3 is 4.74 Å². The van der Waals surface area contributed by atoms with Crippen molar-refractivity contribution >= 4 is 17.7 Å². The van der Waals surface area contributed by atoms with E-state index in [0.717, 1.165) is 0 Å². The Labute approximate surface area is 65.6 Å².